The Morgan fingerprint density at radius 1 is 1.11 bits per heavy atom. The normalized spacial score (nSPS) is 19.6. The first-order valence-corrected chi connectivity index (χ1v) is 13.0. The maximum atomic E-state index is 13.4. The van der Waals surface area contributed by atoms with Gasteiger partial charge in [-0.05, 0) is 95.3 Å². The van der Waals surface area contributed by atoms with E-state index in [1.165, 1.54) is 32.4 Å². The molecule has 1 aromatic carbocycles. The molecule has 1 N–H and O–H groups in total. The van der Waals surface area contributed by atoms with E-state index in [1.54, 1.807) is 13.3 Å². The van der Waals surface area contributed by atoms with E-state index < -0.39 is 0 Å². The van der Waals surface area contributed by atoms with Crippen molar-refractivity contribution in [2.45, 2.75) is 58.6 Å². The number of piperidine rings is 1. The van der Waals surface area contributed by atoms with Crippen molar-refractivity contribution in [1.29, 1.82) is 0 Å². The number of anilines is 1. The second-order valence-corrected chi connectivity index (χ2v) is 10.1. The lowest BCUT2D eigenvalue weighted by atomic mass is 9.97. The summed E-state index contributed by atoms with van der Waals surface area (Å²) in [6.45, 7) is 11.5. The predicted octanol–water partition coefficient (Wildman–Crippen LogP) is 4.68. The molecule has 4 rings (SSSR count). The summed E-state index contributed by atoms with van der Waals surface area (Å²) in [5.41, 5.74) is 1.59. The average Bonchev–Trinajstić information content (AvgIpc) is 3.37. The van der Waals surface area contributed by atoms with Crippen LogP contribution >= 0.6 is 0 Å². The number of carbonyl (C=O) groups excluding carboxylic acids is 1. The van der Waals surface area contributed by atoms with Gasteiger partial charge in [0.2, 0.25) is 0 Å². The van der Waals surface area contributed by atoms with Crippen LogP contribution in [0.3, 0.4) is 0 Å². The third-order valence-corrected chi connectivity index (χ3v) is 6.96. The molecule has 0 bridgehead atoms. The molecule has 7 nitrogen and oxygen atoms in total. The molecule has 1 aromatic heterocycles. The third-order valence-electron chi connectivity index (χ3n) is 6.96. The van der Waals surface area contributed by atoms with E-state index in [9.17, 15) is 4.79 Å². The van der Waals surface area contributed by atoms with Crippen LogP contribution in [-0.2, 0) is 0 Å². The summed E-state index contributed by atoms with van der Waals surface area (Å²) in [5.74, 6) is 2.67. The number of hydrogen-bond donors (Lipinski definition) is 1. The van der Waals surface area contributed by atoms with Crippen LogP contribution in [0.5, 0.6) is 11.5 Å². The lowest BCUT2D eigenvalue weighted by molar-refractivity contribution is 0.0939. The van der Waals surface area contributed by atoms with E-state index in [1.807, 2.05) is 51.1 Å². The maximum Gasteiger partial charge on any atom is 0.255 e. The Morgan fingerprint density at radius 2 is 1.91 bits per heavy atom. The lowest BCUT2D eigenvalue weighted by Crippen LogP contribution is -2.42. The summed E-state index contributed by atoms with van der Waals surface area (Å²) in [7, 11) is 1.63. The van der Waals surface area contributed by atoms with Gasteiger partial charge >= 0.3 is 0 Å². The highest BCUT2D eigenvalue weighted by Gasteiger charge is 2.27. The summed E-state index contributed by atoms with van der Waals surface area (Å²) in [5, 5.41) is 3.16. The zero-order chi connectivity index (χ0) is 24.8. The number of benzene rings is 1. The number of likely N-dealkylation sites (tertiary alicyclic amines) is 1. The smallest absolute Gasteiger partial charge is 0.255 e. The standard InChI is InChI=1S/C28H40N4O3/c1-20(2)35-25-12-11-23(17-26(25)34-4)21(3)30-28(33)24-10-7-13-29-27(24)32-16-8-9-22(19-32)18-31-14-5-6-15-31/h7,10-13,17,20-22H,5-6,8-9,14-16,18-19H2,1-4H3,(H,30,33). The molecule has 2 fully saturated rings. The highest BCUT2D eigenvalue weighted by atomic mass is 16.5. The molecule has 2 aromatic rings. The number of amides is 1. The number of nitrogens with zero attached hydrogens (tertiary/aromatic N) is 3. The van der Waals surface area contributed by atoms with E-state index in [4.69, 9.17) is 9.47 Å². The van der Waals surface area contributed by atoms with Gasteiger partial charge in [0.15, 0.2) is 11.5 Å². The second kappa shape index (κ2) is 11.8. The van der Waals surface area contributed by atoms with Crippen LogP contribution in [0, 0.1) is 5.92 Å². The molecule has 0 aliphatic carbocycles. The fourth-order valence-electron chi connectivity index (χ4n) is 5.23. The number of hydrogen-bond acceptors (Lipinski definition) is 6. The first-order chi connectivity index (χ1) is 16.9. The Hall–Kier alpha value is -2.80. The van der Waals surface area contributed by atoms with Crippen molar-refractivity contribution in [3.05, 3.63) is 47.7 Å². The van der Waals surface area contributed by atoms with Crippen LogP contribution in [0.1, 0.15) is 68.4 Å². The minimum atomic E-state index is -0.193. The van der Waals surface area contributed by atoms with Gasteiger partial charge in [0.05, 0.1) is 24.8 Å². The van der Waals surface area contributed by atoms with Gasteiger partial charge in [-0.2, -0.15) is 0 Å². The van der Waals surface area contributed by atoms with Gasteiger partial charge in [-0.25, -0.2) is 4.98 Å². The highest BCUT2D eigenvalue weighted by Crippen LogP contribution is 2.32. The number of pyridine rings is 1. The Bertz CT molecular complexity index is 990. The number of aromatic nitrogens is 1. The number of carbonyl (C=O) groups is 1. The van der Waals surface area contributed by atoms with Crippen molar-refractivity contribution in [2.24, 2.45) is 5.92 Å². The lowest BCUT2D eigenvalue weighted by Gasteiger charge is -2.36. The van der Waals surface area contributed by atoms with Crippen LogP contribution in [0.2, 0.25) is 0 Å². The Balaban J connectivity index is 1.45. The van der Waals surface area contributed by atoms with Gasteiger partial charge < -0.3 is 24.6 Å². The number of ether oxygens (including phenoxy) is 2. The first kappa shape index (κ1) is 25.3. The second-order valence-electron chi connectivity index (χ2n) is 10.1. The minimum absolute atomic E-state index is 0.0561. The quantitative estimate of drug-likeness (QED) is 0.562. The summed E-state index contributed by atoms with van der Waals surface area (Å²) in [6, 6.07) is 9.34. The monoisotopic (exact) mass is 480 g/mol. The van der Waals surface area contributed by atoms with Crippen molar-refractivity contribution >= 4 is 11.7 Å². The molecule has 3 heterocycles. The van der Waals surface area contributed by atoms with E-state index in [-0.39, 0.29) is 18.1 Å². The Morgan fingerprint density at radius 3 is 2.66 bits per heavy atom. The van der Waals surface area contributed by atoms with Gasteiger partial charge in [0.1, 0.15) is 5.82 Å². The number of methoxy groups -OCH3 is 1. The van der Waals surface area contributed by atoms with Gasteiger partial charge in [0.25, 0.3) is 5.91 Å². The molecular formula is C28H40N4O3. The van der Waals surface area contributed by atoms with Crippen molar-refractivity contribution in [3.63, 3.8) is 0 Å². The van der Waals surface area contributed by atoms with E-state index in [0.29, 0.717) is 23.0 Å². The zero-order valence-corrected chi connectivity index (χ0v) is 21.6. The van der Waals surface area contributed by atoms with Crippen molar-refractivity contribution in [3.8, 4) is 11.5 Å². The Kier molecular flexibility index (Phi) is 8.50. The molecule has 2 atom stereocenters. The van der Waals surface area contributed by atoms with Crippen LogP contribution < -0.4 is 19.7 Å². The number of rotatable bonds is 9. The third kappa shape index (κ3) is 6.45. The van der Waals surface area contributed by atoms with E-state index in [2.05, 4.69) is 20.1 Å². The molecule has 2 unspecified atom stereocenters. The molecule has 2 saturated heterocycles. The Labute approximate surface area is 209 Å². The van der Waals surface area contributed by atoms with Crippen molar-refractivity contribution in [1.82, 2.24) is 15.2 Å². The number of nitrogens with one attached hydrogen (secondary N) is 1. The van der Waals surface area contributed by atoms with Crippen LogP contribution in [0.25, 0.3) is 0 Å². The molecule has 2 aliphatic rings. The molecule has 7 heteroatoms. The summed E-state index contributed by atoms with van der Waals surface area (Å²) in [4.78, 5) is 22.9. The van der Waals surface area contributed by atoms with Crippen molar-refractivity contribution < 1.29 is 14.3 Å². The summed E-state index contributed by atoms with van der Waals surface area (Å²) < 4.78 is 11.4. The molecule has 0 spiro atoms. The van der Waals surface area contributed by atoms with E-state index in [0.717, 1.165) is 37.4 Å². The molecule has 1 amide bonds. The van der Waals surface area contributed by atoms with Gasteiger partial charge in [-0.1, -0.05) is 6.07 Å². The zero-order valence-electron chi connectivity index (χ0n) is 21.6. The maximum absolute atomic E-state index is 13.4. The predicted molar refractivity (Wildman–Crippen MR) is 139 cm³/mol. The molecule has 0 radical (unpaired) electrons. The van der Waals surface area contributed by atoms with E-state index >= 15 is 0 Å². The molecular weight excluding hydrogens is 440 g/mol. The van der Waals surface area contributed by atoms with Gasteiger partial charge in [0, 0.05) is 25.8 Å². The van der Waals surface area contributed by atoms with Gasteiger partial charge in [-0.3, -0.25) is 4.79 Å². The molecule has 0 saturated carbocycles. The topological polar surface area (TPSA) is 66.9 Å². The van der Waals surface area contributed by atoms with Crippen LogP contribution in [-0.4, -0.2) is 61.7 Å². The highest BCUT2D eigenvalue weighted by molar-refractivity contribution is 5.99. The van der Waals surface area contributed by atoms with Crippen molar-refractivity contribution in [2.75, 3.05) is 44.7 Å². The average molecular weight is 481 g/mol. The first-order valence-electron chi connectivity index (χ1n) is 13.0. The molecule has 35 heavy (non-hydrogen) atoms. The minimum Gasteiger partial charge on any atom is -0.493 e. The molecule has 2 aliphatic heterocycles. The SMILES string of the molecule is COc1cc(C(C)NC(=O)c2cccnc2N2CCCC(CN3CCCC3)C2)ccc1OC(C)C. The fourth-order valence-corrected chi connectivity index (χ4v) is 5.23. The largest absolute Gasteiger partial charge is 0.493 e. The van der Waals surface area contributed by atoms with Crippen LogP contribution in [0.15, 0.2) is 36.5 Å². The van der Waals surface area contributed by atoms with Crippen LogP contribution in [0.4, 0.5) is 5.82 Å². The van der Waals surface area contributed by atoms with Gasteiger partial charge in [-0.15, -0.1) is 0 Å². The molecule has 190 valence electrons. The summed E-state index contributed by atoms with van der Waals surface area (Å²) >= 11 is 0. The summed E-state index contributed by atoms with van der Waals surface area (Å²) in [6.07, 6.45) is 6.86. The fraction of sp³-hybridized carbons (Fsp3) is 0.571.